The zero-order valence-corrected chi connectivity index (χ0v) is 15.7. The Morgan fingerprint density at radius 2 is 2.19 bits per heavy atom. The molecule has 1 atom stereocenters. The average Bonchev–Trinajstić information content (AvgIpc) is 3.21. The van der Waals surface area contributed by atoms with Crippen LogP contribution < -0.4 is 11.2 Å². The molecule has 3 rings (SSSR count). The van der Waals surface area contributed by atoms with Crippen LogP contribution in [0.4, 0.5) is 0 Å². The molecule has 1 saturated carbocycles. The number of nitrogens with one attached hydrogen (secondary N) is 1. The smallest absolute Gasteiger partial charge is 0.234 e. The van der Waals surface area contributed by atoms with Crippen LogP contribution in [0.25, 0.3) is 11.4 Å². The van der Waals surface area contributed by atoms with Crippen molar-refractivity contribution in [3.05, 3.63) is 18.1 Å². The lowest BCUT2D eigenvalue weighted by atomic mass is 9.83. The first-order chi connectivity index (χ1) is 12.5. The summed E-state index contributed by atoms with van der Waals surface area (Å²) in [5, 5.41) is 20.6. The molecule has 2 aromatic heterocycles. The van der Waals surface area contributed by atoms with Gasteiger partial charge in [-0.1, -0.05) is 31.0 Å². The number of nitrogens with two attached hydrogens (primary N) is 1. The highest BCUT2D eigenvalue weighted by Gasteiger charge is 2.35. The number of hydrogen-bond donors (Lipinski definition) is 2. The van der Waals surface area contributed by atoms with E-state index in [4.69, 9.17) is 10.3 Å². The maximum Gasteiger partial charge on any atom is 0.234 e. The molecule has 0 saturated heterocycles. The van der Waals surface area contributed by atoms with Gasteiger partial charge < -0.3 is 15.6 Å². The maximum absolute atomic E-state index is 12.6. The number of thioether (sulfide) groups is 1. The summed E-state index contributed by atoms with van der Waals surface area (Å²) in [6.45, 7) is 3.59. The molecule has 0 aliphatic heterocycles. The highest BCUT2D eigenvalue weighted by molar-refractivity contribution is 8.00. The van der Waals surface area contributed by atoms with Crippen molar-refractivity contribution in [2.45, 2.75) is 61.9 Å². The molecule has 1 amide bonds. The number of nitrogens with zero attached hydrogens (tertiary/aromatic N) is 4. The molecule has 1 aliphatic rings. The summed E-state index contributed by atoms with van der Waals surface area (Å²) in [4.78, 5) is 12.6. The third-order valence-corrected chi connectivity index (χ3v) is 5.76. The van der Waals surface area contributed by atoms with Crippen LogP contribution in [0.2, 0.25) is 0 Å². The SMILES string of the molecule is Cc1occc1-c1nnc(SC(C)C(=O)NC2(C#N)CCCCC2)n1N. The topological polar surface area (TPSA) is 123 Å². The minimum atomic E-state index is -0.750. The second-order valence-corrected chi connectivity index (χ2v) is 7.88. The fraction of sp³-hybridized carbons (Fsp3) is 0.529. The Morgan fingerprint density at radius 3 is 2.81 bits per heavy atom. The molecule has 0 radical (unpaired) electrons. The molecule has 138 valence electrons. The lowest BCUT2D eigenvalue weighted by Gasteiger charge is -2.32. The number of nitriles is 1. The van der Waals surface area contributed by atoms with Crippen molar-refractivity contribution in [3.63, 3.8) is 0 Å². The lowest BCUT2D eigenvalue weighted by molar-refractivity contribution is -0.121. The van der Waals surface area contributed by atoms with Gasteiger partial charge in [0.05, 0.1) is 23.1 Å². The molecule has 0 aromatic carbocycles. The number of nitrogen functional groups attached to an aromatic ring is 1. The Hall–Kier alpha value is -2.47. The number of rotatable bonds is 5. The third-order valence-electron chi connectivity index (χ3n) is 4.70. The fourth-order valence-electron chi connectivity index (χ4n) is 3.13. The van der Waals surface area contributed by atoms with Gasteiger partial charge in [-0.15, -0.1) is 10.2 Å². The largest absolute Gasteiger partial charge is 0.469 e. The standard InChI is InChI=1S/C17H22N6O2S/c1-11-13(6-9-25-11)14-21-22-16(23(14)19)26-12(2)15(24)20-17(10-18)7-4-3-5-8-17/h6,9,12H,3-5,7-8,19H2,1-2H3,(H,20,24). The number of aryl methyl sites for hydroxylation is 1. The first-order valence-corrected chi connectivity index (χ1v) is 9.48. The number of carbonyl (C=O) groups is 1. The Morgan fingerprint density at radius 1 is 1.46 bits per heavy atom. The molecule has 26 heavy (non-hydrogen) atoms. The number of amides is 1. The van der Waals surface area contributed by atoms with Crippen molar-refractivity contribution < 1.29 is 9.21 Å². The van der Waals surface area contributed by atoms with Gasteiger partial charge in [-0.2, -0.15) is 5.26 Å². The van der Waals surface area contributed by atoms with E-state index in [0.29, 0.717) is 29.6 Å². The van der Waals surface area contributed by atoms with Crippen LogP contribution in [-0.2, 0) is 4.79 Å². The molecule has 0 bridgehead atoms. The van der Waals surface area contributed by atoms with E-state index in [9.17, 15) is 10.1 Å². The second-order valence-electron chi connectivity index (χ2n) is 6.57. The van der Waals surface area contributed by atoms with Gasteiger partial charge in [0.2, 0.25) is 11.1 Å². The summed E-state index contributed by atoms with van der Waals surface area (Å²) < 4.78 is 6.63. The van der Waals surface area contributed by atoms with Gasteiger partial charge in [-0.3, -0.25) is 4.79 Å². The summed E-state index contributed by atoms with van der Waals surface area (Å²) in [6.07, 6.45) is 5.98. The third kappa shape index (κ3) is 3.55. The van der Waals surface area contributed by atoms with E-state index in [2.05, 4.69) is 21.6 Å². The maximum atomic E-state index is 12.6. The van der Waals surface area contributed by atoms with Gasteiger partial charge in [-0.25, -0.2) is 4.68 Å². The Kier molecular flexibility index (Phi) is 5.23. The van der Waals surface area contributed by atoms with Crippen LogP contribution in [0.15, 0.2) is 21.9 Å². The summed E-state index contributed by atoms with van der Waals surface area (Å²) in [6, 6.07) is 4.07. The van der Waals surface area contributed by atoms with Crippen LogP contribution in [0.3, 0.4) is 0 Å². The molecule has 0 spiro atoms. The van der Waals surface area contributed by atoms with E-state index in [0.717, 1.165) is 24.8 Å². The normalized spacial score (nSPS) is 17.4. The van der Waals surface area contributed by atoms with E-state index in [1.807, 2.05) is 6.92 Å². The van der Waals surface area contributed by atoms with Gasteiger partial charge in [-0.05, 0) is 32.8 Å². The Balaban J connectivity index is 1.69. The van der Waals surface area contributed by atoms with Crippen molar-refractivity contribution in [3.8, 4) is 17.5 Å². The zero-order chi connectivity index (χ0) is 18.7. The summed E-state index contributed by atoms with van der Waals surface area (Å²) in [7, 11) is 0. The van der Waals surface area contributed by atoms with E-state index in [1.54, 1.807) is 19.3 Å². The first-order valence-electron chi connectivity index (χ1n) is 8.61. The van der Waals surface area contributed by atoms with Gasteiger partial charge in [0, 0.05) is 0 Å². The molecular formula is C17H22N6O2S. The van der Waals surface area contributed by atoms with Gasteiger partial charge in [0.25, 0.3) is 0 Å². The summed E-state index contributed by atoms with van der Waals surface area (Å²) >= 11 is 1.21. The number of furan rings is 1. The monoisotopic (exact) mass is 374 g/mol. The van der Waals surface area contributed by atoms with E-state index in [1.165, 1.54) is 16.4 Å². The van der Waals surface area contributed by atoms with Crippen molar-refractivity contribution in [2.75, 3.05) is 5.84 Å². The number of aromatic nitrogens is 3. The van der Waals surface area contributed by atoms with E-state index in [-0.39, 0.29) is 5.91 Å². The van der Waals surface area contributed by atoms with Crippen LogP contribution in [-0.4, -0.2) is 31.6 Å². The molecule has 1 fully saturated rings. The molecule has 3 N–H and O–H groups in total. The van der Waals surface area contributed by atoms with E-state index < -0.39 is 10.8 Å². The number of hydrogen-bond acceptors (Lipinski definition) is 7. The molecule has 8 nitrogen and oxygen atoms in total. The molecule has 1 unspecified atom stereocenters. The summed E-state index contributed by atoms with van der Waals surface area (Å²) in [5.74, 6) is 7.07. The quantitative estimate of drug-likeness (QED) is 0.608. The fourth-order valence-corrected chi connectivity index (χ4v) is 3.90. The number of carbonyl (C=O) groups excluding carboxylic acids is 1. The van der Waals surface area contributed by atoms with Crippen molar-refractivity contribution >= 4 is 17.7 Å². The molecule has 9 heteroatoms. The predicted octanol–water partition coefficient (Wildman–Crippen LogP) is 2.38. The van der Waals surface area contributed by atoms with Crippen LogP contribution in [0, 0.1) is 18.3 Å². The highest BCUT2D eigenvalue weighted by Crippen LogP contribution is 2.30. The minimum absolute atomic E-state index is 0.192. The molecular weight excluding hydrogens is 352 g/mol. The first kappa shape index (κ1) is 18.3. The van der Waals surface area contributed by atoms with Crippen molar-refractivity contribution in [1.29, 1.82) is 5.26 Å². The van der Waals surface area contributed by atoms with Crippen LogP contribution in [0.5, 0.6) is 0 Å². The Labute approximate surface area is 156 Å². The van der Waals surface area contributed by atoms with Gasteiger partial charge in [0.1, 0.15) is 11.3 Å². The van der Waals surface area contributed by atoms with Crippen LogP contribution in [0.1, 0.15) is 44.8 Å². The molecule has 1 aliphatic carbocycles. The van der Waals surface area contributed by atoms with Crippen molar-refractivity contribution in [1.82, 2.24) is 20.2 Å². The highest BCUT2D eigenvalue weighted by atomic mass is 32.2. The summed E-state index contributed by atoms with van der Waals surface area (Å²) in [5.41, 5.74) is 0.00849. The average molecular weight is 374 g/mol. The Bertz CT molecular complexity index is 831. The van der Waals surface area contributed by atoms with E-state index >= 15 is 0 Å². The molecule has 2 heterocycles. The van der Waals surface area contributed by atoms with Gasteiger partial charge in [0.15, 0.2) is 5.82 Å². The predicted molar refractivity (Wildman–Crippen MR) is 97.5 cm³/mol. The lowest BCUT2D eigenvalue weighted by Crippen LogP contribution is -2.51. The molecule has 2 aromatic rings. The zero-order valence-electron chi connectivity index (χ0n) is 14.9. The van der Waals surface area contributed by atoms with Gasteiger partial charge >= 0.3 is 0 Å². The second kappa shape index (κ2) is 7.41. The van der Waals surface area contributed by atoms with Crippen LogP contribution >= 0.6 is 11.8 Å². The minimum Gasteiger partial charge on any atom is -0.469 e. The van der Waals surface area contributed by atoms with Crippen molar-refractivity contribution in [2.24, 2.45) is 0 Å².